The molecule has 2 aromatic carbocycles. The maximum Gasteiger partial charge on any atom is 0.268 e. The number of benzene rings is 2. The van der Waals surface area contributed by atoms with Gasteiger partial charge in [-0.25, -0.2) is 13.8 Å². The molecule has 0 radical (unpaired) electrons. The summed E-state index contributed by atoms with van der Waals surface area (Å²) >= 11 is 0. The van der Waals surface area contributed by atoms with Crippen LogP contribution in [0.15, 0.2) is 41.2 Å². The van der Waals surface area contributed by atoms with Gasteiger partial charge in [-0.1, -0.05) is 6.07 Å². The van der Waals surface area contributed by atoms with Gasteiger partial charge in [-0.3, -0.25) is 9.36 Å². The second-order valence-corrected chi connectivity index (χ2v) is 5.15. The Hall–Kier alpha value is -3.11. The van der Waals surface area contributed by atoms with Gasteiger partial charge in [0.1, 0.15) is 22.8 Å². The third-order valence-corrected chi connectivity index (χ3v) is 3.55. The summed E-state index contributed by atoms with van der Waals surface area (Å²) in [5.41, 5.74) is 5.25. The standard InChI is InChI=1S/C17H12F2N4O/c18-11-6-10(9-21)7-12(8-11)23-15(4-5-20)22-14-3-1-2-13(19)16(14)17(23)24/h1-3,6-8H,4-5,20H2. The molecule has 2 N–H and O–H groups in total. The highest BCUT2D eigenvalue weighted by atomic mass is 19.1. The third-order valence-electron chi connectivity index (χ3n) is 3.55. The first-order valence-corrected chi connectivity index (χ1v) is 7.16. The number of hydrogen-bond acceptors (Lipinski definition) is 4. The molecule has 0 bridgehead atoms. The van der Waals surface area contributed by atoms with Crippen molar-refractivity contribution in [1.82, 2.24) is 9.55 Å². The van der Waals surface area contributed by atoms with E-state index in [1.54, 1.807) is 0 Å². The van der Waals surface area contributed by atoms with E-state index < -0.39 is 17.2 Å². The van der Waals surface area contributed by atoms with Gasteiger partial charge in [0.05, 0.1) is 22.8 Å². The van der Waals surface area contributed by atoms with Crippen LogP contribution in [-0.2, 0) is 6.42 Å². The lowest BCUT2D eigenvalue weighted by Crippen LogP contribution is -2.26. The predicted octanol–water partition coefficient (Wildman–Crippen LogP) is 2.04. The van der Waals surface area contributed by atoms with Gasteiger partial charge >= 0.3 is 0 Å². The lowest BCUT2D eigenvalue weighted by Gasteiger charge is -2.14. The Bertz CT molecular complexity index is 1040. The van der Waals surface area contributed by atoms with Gasteiger partial charge in [0, 0.05) is 6.42 Å². The van der Waals surface area contributed by atoms with Crippen molar-refractivity contribution in [1.29, 1.82) is 5.26 Å². The molecule has 0 amide bonds. The first kappa shape index (κ1) is 15.8. The molecule has 0 spiro atoms. The molecule has 5 nitrogen and oxygen atoms in total. The molecule has 24 heavy (non-hydrogen) atoms. The van der Waals surface area contributed by atoms with Gasteiger partial charge in [-0.2, -0.15) is 5.26 Å². The molecule has 0 atom stereocenters. The highest BCUT2D eigenvalue weighted by Crippen LogP contribution is 2.18. The fourth-order valence-electron chi connectivity index (χ4n) is 2.57. The van der Waals surface area contributed by atoms with Crippen molar-refractivity contribution >= 4 is 10.9 Å². The largest absolute Gasteiger partial charge is 0.330 e. The average molecular weight is 326 g/mol. The summed E-state index contributed by atoms with van der Waals surface area (Å²) in [5.74, 6) is -1.12. The zero-order valence-corrected chi connectivity index (χ0v) is 12.5. The molecule has 7 heteroatoms. The van der Waals surface area contributed by atoms with E-state index in [0.29, 0.717) is 0 Å². The Kier molecular flexibility index (Phi) is 4.06. The van der Waals surface area contributed by atoms with Crippen LogP contribution in [0.25, 0.3) is 16.6 Å². The Morgan fingerprint density at radius 3 is 2.75 bits per heavy atom. The average Bonchev–Trinajstić information content (AvgIpc) is 2.54. The summed E-state index contributed by atoms with van der Waals surface area (Å²) in [4.78, 5) is 17.1. The molecule has 0 saturated carbocycles. The summed E-state index contributed by atoms with van der Waals surface area (Å²) in [6.07, 6.45) is 0.236. The first-order chi connectivity index (χ1) is 11.5. The molecule has 0 unspecified atom stereocenters. The molecule has 0 aliphatic heterocycles. The number of halogens is 2. The first-order valence-electron chi connectivity index (χ1n) is 7.16. The van der Waals surface area contributed by atoms with E-state index in [0.717, 1.165) is 22.8 Å². The lowest BCUT2D eigenvalue weighted by molar-refractivity contribution is 0.624. The molecule has 1 heterocycles. The summed E-state index contributed by atoms with van der Waals surface area (Å²) in [6.45, 7) is 0.202. The smallest absolute Gasteiger partial charge is 0.268 e. The van der Waals surface area contributed by atoms with E-state index in [4.69, 9.17) is 11.0 Å². The summed E-state index contributed by atoms with van der Waals surface area (Å²) in [5, 5.41) is 8.80. The second kappa shape index (κ2) is 6.18. The van der Waals surface area contributed by atoms with Crippen LogP contribution in [0.5, 0.6) is 0 Å². The van der Waals surface area contributed by atoms with Gasteiger partial charge in [-0.05, 0) is 36.9 Å². The molecule has 0 aliphatic carbocycles. The van der Waals surface area contributed by atoms with E-state index in [9.17, 15) is 13.6 Å². The van der Waals surface area contributed by atoms with Crippen LogP contribution in [0, 0.1) is 23.0 Å². The van der Waals surface area contributed by atoms with Crippen LogP contribution in [0.2, 0.25) is 0 Å². The maximum atomic E-state index is 14.1. The Balaban J connectivity index is 2.42. The number of nitrogens with zero attached hydrogens (tertiary/aromatic N) is 3. The summed E-state index contributed by atoms with van der Waals surface area (Å²) in [7, 11) is 0. The van der Waals surface area contributed by atoms with Crippen LogP contribution in [0.3, 0.4) is 0 Å². The van der Waals surface area contributed by atoms with Gasteiger partial charge < -0.3 is 5.73 Å². The van der Waals surface area contributed by atoms with Crippen LogP contribution in [-0.4, -0.2) is 16.1 Å². The number of aromatic nitrogens is 2. The minimum atomic E-state index is -0.713. The number of rotatable bonds is 3. The van der Waals surface area contributed by atoms with Gasteiger partial charge in [0.25, 0.3) is 5.56 Å². The molecule has 120 valence electrons. The van der Waals surface area contributed by atoms with Crippen LogP contribution in [0.1, 0.15) is 11.4 Å². The lowest BCUT2D eigenvalue weighted by atomic mass is 10.1. The fraction of sp³-hybridized carbons (Fsp3) is 0.118. The third kappa shape index (κ3) is 2.64. The molecule has 0 aliphatic rings. The minimum Gasteiger partial charge on any atom is -0.330 e. The Labute approximate surface area is 135 Å². The van der Waals surface area contributed by atoms with Gasteiger partial charge in [0.2, 0.25) is 0 Å². The highest BCUT2D eigenvalue weighted by Gasteiger charge is 2.16. The molecule has 3 aromatic rings. The van der Waals surface area contributed by atoms with Crippen molar-refractivity contribution < 1.29 is 8.78 Å². The van der Waals surface area contributed by atoms with E-state index in [1.165, 1.54) is 18.2 Å². The monoisotopic (exact) mass is 326 g/mol. The van der Waals surface area contributed by atoms with Crippen molar-refractivity contribution in [2.75, 3.05) is 6.54 Å². The second-order valence-electron chi connectivity index (χ2n) is 5.15. The molecule has 0 saturated heterocycles. The zero-order valence-electron chi connectivity index (χ0n) is 12.5. The van der Waals surface area contributed by atoms with Crippen molar-refractivity contribution in [2.24, 2.45) is 5.73 Å². The van der Waals surface area contributed by atoms with Crippen molar-refractivity contribution in [3.8, 4) is 11.8 Å². The van der Waals surface area contributed by atoms with Gasteiger partial charge in [0.15, 0.2) is 0 Å². The number of nitriles is 1. The van der Waals surface area contributed by atoms with E-state index in [2.05, 4.69) is 4.98 Å². The predicted molar refractivity (Wildman–Crippen MR) is 84.7 cm³/mol. The molecular weight excluding hydrogens is 314 g/mol. The normalized spacial score (nSPS) is 10.8. The topological polar surface area (TPSA) is 84.7 Å². The summed E-state index contributed by atoms with van der Waals surface area (Å²) in [6, 6.07) is 9.45. The van der Waals surface area contributed by atoms with E-state index in [1.807, 2.05) is 6.07 Å². The van der Waals surface area contributed by atoms with E-state index in [-0.39, 0.29) is 40.9 Å². The quantitative estimate of drug-likeness (QED) is 0.798. The maximum absolute atomic E-state index is 14.1. The van der Waals surface area contributed by atoms with Gasteiger partial charge in [-0.15, -0.1) is 0 Å². The molecule has 3 rings (SSSR count). The minimum absolute atomic E-state index is 0.0456. The Morgan fingerprint density at radius 2 is 2.04 bits per heavy atom. The molecule has 1 aromatic heterocycles. The number of nitrogens with two attached hydrogens (primary N) is 1. The molecule has 0 fully saturated rings. The highest BCUT2D eigenvalue weighted by molar-refractivity contribution is 5.78. The van der Waals surface area contributed by atoms with Crippen molar-refractivity contribution in [2.45, 2.75) is 6.42 Å². The number of hydrogen-bond donors (Lipinski definition) is 1. The Morgan fingerprint density at radius 1 is 1.25 bits per heavy atom. The van der Waals surface area contributed by atoms with Crippen molar-refractivity contribution in [3.05, 3.63) is 69.8 Å². The van der Waals surface area contributed by atoms with Crippen molar-refractivity contribution in [3.63, 3.8) is 0 Å². The van der Waals surface area contributed by atoms with Crippen LogP contribution in [0.4, 0.5) is 8.78 Å². The SMILES string of the molecule is N#Cc1cc(F)cc(-n2c(CCN)nc3cccc(F)c3c2=O)c1. The number of fused-ring (bicyclic) bond motifs is 1. The van der Waals surface area contributed by atoms with E-state index >= 15 is 0 Å². The fourth-order valence-corrected chi connectivity index (χ4v) is 2.57. The summed E-state index contributed by atoms with van der Waals surface area (Å²) < 4.78 is 28.9. The molecular formula is C17H12F2N4O. The van der Waals surface area contributed by atoms with Crippen LogP contribution >= 0.6 is 0 Å². The zero-order chi connectivity index (χ0) is 17.3. The van der Waals surface area contributed by atoms with Crippen LogP contribution < -0.4 is 11.3 Å².